The van der Waals surface area contributed by atoms with E-state index in [0.717, 1.165) is 17.7 Å². The molecule has 0 aromatic heterocycles. The third-order valence-electron chi connectivity index (χ3n) is 5.08. The van der Waals surface area contributed by atoms with Crippen molar-refractivity contribution >= 4 is 17.5 Å². The van der Waals surface area contributed by atoms with Crippen molar-refractivity contribution in [2.45, 2.75) is 25.7 Å². The van der Waals surface area contributed by atoms with Crippen molar-refractivity contribution < 1.29 is 9.59 Å². The molecule has 0 radical (unpaired) electrons. The molecule has 2 amide bonds. The van der Waals surface area contributed by atoms with Gasteiger partial charge in [0.05, 0.1) is 0 Å². The molecule has 0 bridgehead atoms. The van der Waals surface area contributed by atoms with E-state index in [2.05, 4.69) is 17.4 Å². The summed E-state index contributed by atoms with van der Waals surface area (Å²) in [6, 6.07) is 18.0. The molecule has 2 aromatic rings. The largest absolute Gasteiger partial charge is 0.341 e. The summed E-state index contributed by atoms with van der Waals surface area (Å²) in [4.78, 5) is 26.8. The maximum Gasteiger partial charge on any atom is 0.227 e. The molecule has 3 N–H and O–H groups in total. The molecule has 2 aromatic carbocycles. The number of carbonyl (C=O) groups excluding carboxylic acids is 2. The van der Waals surface area contributed by atoms with Crippen LogP contribution in [0, 0.1) is 5.92 Å². The normalized spacial score (nSPS) is 15.7. The van der Waals surface area contributed by atoms with Crippen LogP contribution in [0.4, 0.5) is 5.69 Å². The summed E-state index contributed by atoms with van der Waals surface area (Å²) >= 11 is 0. The van der Waals surface area contributed by atoms with E-state index in [-0.39, 0.29) is 17.7 Å². The van der Waals surface area contributed by atoms with Crippen molar-refractivity contribution in [1.29, 1.82) is 0 Å². The minimum atomic E-state index is -0.155. The van der Waals surface area contributed by atoms with Gasteiger partial charge in [-0.2, -0.15) is 0 Å². The SMILES string of the molecule is NCCN(CCc1ccccc1)C(=O)CCC1Cc2ccccc2NC1=O. The second-order valence-corrected chi connectivity index (χ2v) is 6.99. The van der Waals surface area contributed by atoms with Crippen LogP contribution in [0.3, 0.4) is 0 Å². The molecule has 5 heteroatoms. The summed E-state index contributed by atoms with van der Waals surface area (Å²) in [5.74, 6) is -0.0723. The summed E-state index contributed by atoms with van der Waals surface area (Å²) in [5.41, 5.74) is 8.92. The molecular weight excluding hydrogens is 338 g/mol. The molecular formula is C22H27N3O2. The molecule has 0 saturated carbocycles. The minimum Gasteiger partial charge on any atom is -0.341 e. The van der Waals surface area contributed by atoms with Gasteiger partial charge in [-0.1, -0.05) is 48.5 Å². The van der Waals surface area contributed by atoms with Gasteiger partial charge >= 0.3 is 0 Å². The Bertz CT molecular complexity index is 776. The highest BCUT2D eigenvalue weighted by Crippen LogP contribution is 2.27. The standard InChI is InChI=1S/C22H27N3O2/c23-13-15-25(14-12-17-6-2-1-3-7-17)21(26)11-10-19-16-18-8-4-5-9-20(18)24-22(19)27/h1-9,19H,10-16,23H2,(H,24,27). The number of fused-ring (bicyclic) bond motifs is 1. The molecule has 1 unspecified atom stereocenters. The molecule has 5 nitrogen and oxygen atoms in total. The first-order valence-electron chi connectivity index (χ1n) is 9.58. The van der Waals surface area contributed by atoms with Crippen molar-refractivity contribution in [1.82, 2.24) is 4.90 Å². The summed E-state index contributed by atoms with van der Waals surface area (Å²) in [6.07, 6.45) is 2.43. The summed E-state index contributed by atoms with van der Waals surface area (Å²) in [7, 11) is 0. The first-order chi connectivity index (χ1) is 13.2. The topological polar surface area (TPSA) is 75.4 Å². The van der Waals surface area contributed by atoms with Crippen LogP contribution in [0.5, 0.6) is 0 Å². The number of rotatable bonds is 8. The Kier molecular flexibility index (Phi) is 6.60. The summed E-state index contributed by atoms with van der Waals surface area (Å²) < 4.78 is 0. The van der Waals surface area contributed by atoms with Crippen LogP contribution in [0.15, 0.2) is 54.6 Å². The maximum atomic E-state index is 12.7. The minimum absolute atomic E-state index is 0.0103. The maximum absolute atomic E-state index is 12.7. The second-order valence-electron chi connectivity index (χ2n) is 6.99. The lowest BCUT2D eigenvalue weighted by atomic mass is 9.89. The molecule has 1 aliphatic rings. The predicted molar refractivity (Wildman–Crippen MR) is 107 cm³/mol. The lowest BCUT2D eigenvalue weighted by molar-refractivity contribution is -0.131. The quantitative estimate of drug-likeness (QED) is 0.755. The summed E-state index contributed by atoms with van der Waals surface area (Å²) in [6.45, 7) is 1.64. The molecule has 0 saturated heterocycles. The van der Waals surface area contributed by atoms with Gasteiger partial charge in [0.1, 0.15) is 0 Å². The highest BCUT2D eigenvalue weighted by molar-refractivity contribution is 5.96. The Morgan fingerprint density at radius 2 is 1.81 bits per heavy atom. The molecule has 0 fully saturated rings. The lowest BCUT2D eigenvalue weighted by Crippen LogP contribution is -2.38. The van der Waals surface area contributed by atoms with Crippen LogP contribution < -0.4 is 11.1 Å². The monoisotopic (exact) mass is 365 g/mol. The Labute approximate surface area is 160 Å². The van der Waals surface area contributed by atoms with E-state index >= 15 is 0 Å². The number of para-hydroxylation sites is 1. The van der Waals surface area contributed by atoms with Crippen LogP contribution in [0.2, 0.25) is 0 Å². The Hall–Kier alpha value is -2.66. The molecule has 1 atom stereocenters. The lowest BCUT2D eigenvalue weighted by Gasteiger charge is -2.26. The van der Waals surface area contributed by atoms with Gasteiger partial charge < -0.3 is 16.0 Å². The van der Waals surface area contributed by atoms with E-state index in [1.165, 1.54) is 5.56 Å². The van der Waals surface area contributed by atoms with E-state index < -0.39 is 0 Å². The van der Waals surface area contributed by atoms with Crippen molar-refractivity contribution in [3.05, 3.63) is 65.7 Å². The third-order valence-corrected chi connectivity index (χ3v) is 5.08. The molecule has 1 heterocycles. The van der Waals surface area contributed by atoms with Gasteiger partial charge in [-0.15, -0.1) is 0 Å². The molecule has 0 spiro atoms. The number of nitrogens with two attached hydrogens (primary N) is 1. The average Bonchev–Trinajstić information content (AvgIpc) is 2.70. The number of hydrogen-bond donors (Lipinski definition) is 2. The Balaban J connectivity index is 1.53. The fourth-order valence-electron chi connectivity index (χ4n) is 3.53. The van der Waals surface area contributed by atoms with Crippen LogP contribution in [0.1, 0.15) is 24.0 Å². The molecule has 142 valence electrons. The van der Waals surface area contributed by atoms with Gasteiger partial charge in [-0.25, -0.2) is 0 Å². The fraction of sp³-hybridized carbons (Fsp3) is 0.364. The molecule has 3 rings (SSSR count). The number of anilines is 1. The van der Waals surface area contributed by atoms with Crippen LogP contribution in [-0.4, -0.2) is 36.3 Å². The number of nitrogens with zero attached hydrogens (tertiary/aromatic N) is 1. The van der Waals surface area contributed by atoms with Gasteiger partial charge in [0.15, 0.2) is 0 Å². The van der Waals surface area contributed by atoms with E-state index in [4.69, 9.17) is 5.73 Å². The second kappa shape index (κ2) is 9.33. The van der Waals surface area contributed by atoms with Crippen LogP contribution >= 0.6 is 0 Å². The first-order valence-corrected chi connectivity index (χ1v) is 9.58. The van der Waals surface area contributed by atoms with Crippen LogP contribution in [-0.2, 0) is 22.4 Å². The van der Waals surface area contributed by atoms with E-state index in [1.54, 1.807) is 0 Å². The zero-order valence-electron chi connectivity index (χ0n) is 15.6. The summed E-state index contributed by atoms with van der Waals surface area (Å²) in [5, 5.41) is 2.95. The number of carbonyl (C=O) groups is 2. The smallest absolute Gasteiger partial charge is 0.227 e. The Morgan fingerprint density at radius 1 is 1.07 bits per heavy atom. The average molecular weight is 365 g/mol. The van der Waals surface area contributed by atoms with Crippen molar-refractivity contribution in [3.8, 4) is 0 Å². The van der Waals surface area contributed by atoms with Crippen LogP contribution in [0.25, 0.3) is 0 Å². The van der Waals surface area contributed by atoms with Gasteiger partial charge in [-0.3, -0.25) is 9.59 Å². The van der Waals surface area contributed by atoms with E-state index in [0.29, 0.717) is 38.9 Å². The number of hydrogen-bond acceptors (Lipinski definition) is 3. The van der Waals surface area contributed by atoms with E-state index in [1.807, 2.05) is 47.4 Å². The van der Waals surface area contributed by atoms with E-state index in [9.17, 15) is 9.59 Å². The third kappa shape index (κ3) is 5.17. The van der Waals surface area contributed by atoms with Crippen molar-refractivity contribution in [3.63, 3.8) is 0 Å². The van der Waals surface area contributed by atoms with Gasteiger partial charge in [0, 0.05) is 37.7 Å². The predicted octanol–water partition coefficient (Wildman–Crippen LogP) is 2.61. The van der Waals surface area contributed by atoms with Crippen molar-refractivity contribution in [2.24, 2.45) is 11.7 Å². The fourth-order valence-corrected chi connectivity index (χ4v) is 3.53. The van der Waals surface area contributed by atoms with Crippen molar-refractivity contribution in [2.75, 3.05) is 25.0 Å². The van der Waals surface area contributed by atoms with Gasteiger partial charge in [0.2, 0.25) is 11.8 Å². The highest BCUT2D eigenvalue weighted by atomic mass is 16.2. The molecule has 0 aliphatic carbocycles. The number of nitrogens with one attached hydrogen (secondary N) is 1. The number of amides is 2. The van der Waals surface area contributed by atoms with Gasteiger partial charge in [-0.05, 0) is 36.5 Å². The van der Waals surface area contributed by atoms with Gasteiger partial charge in [0.25, 0.3) is 0 Å². The first kappa shape index (κ1) is 19.1. The zero-order chi connectivity index (χ0) is 19.1. The molecule has 27 heavy (non-hydrogen) atoms. The molecule has 1 aliphatic heterocycles. The highest BCUT2D eigenvalue weighted by Gasteiger charge is 2.27. The number of benzene rings is 2. The zero-order valence-corrected chi connectivity index (χ0v) is 15.6. The Morgan fingerprint density at radius 3 is 2.59 bits per heavy atom.